The number of nitrogens with two attached hydrogens (primary N) is 1. The molecule has 0 spiro atoms. The van der Waals surface area contributed by atoms with Crippen molar-refractivity contribution in [3.05, 3.63) is 22.2 Å². The minimum Gasteiger partial charge on any atom is -0.368 e. The zero-order chi connectivity index (χ0) is 12.1. The van der Waals surface area contributed by atoms with Crippen LogP contribution >= 0.6 is 0 Å². The van der Waals surface area contributed by atoms with Crippen molar-refractivity contribution in [3.63, 3.8) is 0 Å². The van der Waals surface area contributed by atoms with Gasteiger partial charge in [0.2, 0.25) is 0 Å². The summed E-state index contributed by atoms with van der Waals surface area (Å²) in [7, 11) is 0. The lowest BCUT2D eigenvalue weighted by Gasteiger charge is -2.12. The standard InChI is InChI=1S/C11H20N4O/c1-4-8(12)6-13-9-5-10(16)15-11(14-9)7(2)3/h5,7-8H,4,6,12H2,1-3H3,(H2,13,14,15,16). The van der Waals surface area contributed by atoms with Crippen LogP contribution in [0.2, 0.25) is 0 Å². The highest BCUT2D eigenvalue weighted by molar-refractivity contribution is 5.33. The Hall–Kier alpha value is -1.36. The molecule has 0 fully saturated rings. The zero-order valence-electron chi connectivity index (χ0n) is 10.1. The molecule has 0 radical (unpaired) electrons. The molecule has 1 rings (SSSR count). The van der Waals surface area contributed by atoms with Crippen molar-refractivity contribution in [1.29, 1.82) is 0 Å². The first-order chi connectivity index (χ1) is 7.52. The molecule has 0 aliphatic heterocycles. The molecular formula is C11H20N4O. The lowest BCUT2D eigenvalue weighted by Crippen LogP contribution is -2.29. The summed E-state index contributed by atoms with van der Waals surface area (Å²) in [6.07, 6.45) is 0.896. The molecule has 1 aromatic rings. The molecule has 4 N–H and O–H groups in total. The summed E-state index contributed by atoms with van der Waals surface area (Å²) >= 11 is 0. The molecule has 1 aromatic heterocycles. The first-order valence-corrected chi connectivity index (χ1v) is 5.63. The summed E-state index contributed by atoms with van der Waals surface area (Å²) in [5.41, 5.74) is 5.65. The number of aromatic nitrogens is 2. The Morgan fingerprint density at radius 1 is 1.56 bits per heavy atom. The first-order valence-electron chi connectivity index (χ1n) is 5.63. The van der Waals surface area contributed by atoms with Gasteiger partial charge in [0.05, 0.1) is 0 Å². The fourth-order valence-electron chi connectivity index (χ4n) is 1.22. The van der Waals surface area contributed by atoms with Crippen LogP contribution in [0.15, 0.2) is 10.9 Å². The first kappa shape index (κ1) is 12.7. The molecule has 1 unspecified atom stereocenters. The van der Waals surface area contributed by atoms with E-state index in [0.717, 1.165) is 6.42 Å². The number of anilines is 1. The maximum Gasteiger partial charge on any atom is 0.252 e. The number of nitrogens with zero attached hydrogens (tertiary/aromatic N) is 1. The lowest BCUT2D eigenvalue weighted by atomic mass is 10.2. The van der Waals surface area contributed by atoms with Crippen LogP contribution in [-0.2, 0) is 0 Å². The normalized spacial score (nSPS) is 12.8. The van der Waals surface area contributed by atoms with E-state index in [9.17, 15) is 4.79 Å². The van der Waals surface area contributed by atoms with E-state index in [2.05, 4.69) is 15.3 Å². The second-order valence-electron chi connectivity index (χ2n) is 4.22. The van der Waals surface area contributed by atoms with Crippen LogP contribution in [0.3, 0.4) is 0 Å². The minimum absolute atomic E-state index is 0.0867. The lowest BCUT2D eigenvalue weighted by molar-refractivity contribution is 0.675. The largest absolute Gasteiger partial charge is 0.368 e. The van der Waals surface area contributed by atoms with Gasteiger partial charge >= 0.3 is 0 Å². The number of H-pyrrole nitrogens is 1. The van der Waals surface area contributed by atoms with Crippen molar-refractivity contribution in [3.8, 4) is 0 Å². The molecular weight excluding hydrogens is 204 g/mol. The fraction of sp³-hybridized carbons (Fsp3) is 0.636. The SMILES string of the molecule is CCC(N)CNc1cc(=O)[nH]c(C(C)C)n1. The van der Waals surface area contributed by atoms with Gasteiger partial charge in [-0.15, -0.1) is 0 Å². The molecule has 1 atom stereocenters. The van der Waals surface area contributed by atoms with Crippen molar-refractivity contribution in [2.45, 2.75) is 39.2 Å². The van der Waals surface area contributed by atoms with Gasteiger partial charge in [-0.05, 0) is 6.42 Å². The van der Waals surface area contributed by atoms with E-state index < -0.39 is 0 Å². The number of hydrogen-bond acceptors (Lipinski definition) is 4. The van der Waals surface area contributed by atoms with Crippen LogP contribution in [-0.4, -0.2) is 22.6 Å². The van der Waals surface area contributed by atoms with Gasteiger partial charge in [-0.25, -0.2) is 4.98 Å². The quantitative estimate of drug-likeness (QED) is 0.698. The predicted molar refractivity (Wildman–Crippen MR) is 65.7 cm³/mol. The molecule has 1 heterocycles. The van der Waals surface area contributed by atoms with Crippen LogP contribution in [0, 0.1) is 0 Å². The highest BCUT2D eigenvalue weighted by Crippen LogP contribution is 2.08. The smallest absolute Gasteiger partial charge is 0.252 e. The van der Waals surface area contributed by atoms with Crippen LogP contribution in [0.25, 0.3) is 0 Å². The Morgan fingerprint density at radius 3 is 2.81 bits per heavy atom. The summed E-state index contributed by atoms with van der Waals surface area (Å²) in [4.78, 5) is 18.4. The average molecular weight is 224 g/mol. The number of rotatable bonds is 5. The Labute approximate surface area is 95.5 Å². The van der Waals surface area contributed by atoms with Crippen LogP contribution in [0.5, 0.6) is 0 Å². The second kappa shape index (κ2) is 5.65. The molecule has 0 saturated heterocycles. The Morgan fingerprint density at radius 2 is 2.25 bits per heavy atom. The molecule has 90 valence electrons. The van der Waals surface area contributed by atoms with E-state index in [-0.39, 0.29) is 17.5 Å². The maximum atomic E-state index is 11.4. The highest BCUT2D eigenvalue weighted by Gasteiger charge is 2.05. The van der Waals surface area contributed by atoms with E-state index in [0.29, 0.717) is 18.2 Å². The molecule has 5 heteroatoms. The summed E-state index contributed by atoms with van der Waals surface area (Å²) in [6, 6.07) is 1.54. The second-order valence-corrected chi connectivity index (χ2v) is 4.22. The van der Waals surface area contributed by atoms with E-state index in [1.165, 1.54) is 6.07 Å². The summed E-state index contributed by atoms with van der Waals surface area (Å²) < 4.78 is 0. The van der Waals surface area contributed by atoms with E-state index in [1.807, 2.05) is 20.8 Å². The molecule has 16 heavy (non-hydrogen) atoms. The third-order valence-electron chi connectivity index (χ3n) is 2.38. The molecule has 0 amide bonds. The van der Waals surface area contributed by atoms with Gasteiger partial charge in [-0.1, -0.05) is 20.8 Å². The van der Waals surface area contributed by atoms with Crippen molar-refractivity contribution < 1.29 is 0 Å². The monoisotopic (exact) mass is 224 g/mol. The molecule has 0 aliphatic carbocycles. The van der Waals surface area contributed by atoms with Gasteiger partial charge in [0.15, 0.2) is 0 Å². The van der Waals surface area contributed by atoms with E-state index >= 15 is 0 Å². The van der Waals surface area contributed by atoms with Crippen LogP contribution in [0.1, 0.15) is 38.9 Å². The highest BCUT2D eigenvalue weighted by atomic mass is 16.1. The van der Waals surface area contributed by atoms with Crippen molar-refractivity contribution in [1.82, 2.24) is 9.97 Å². The van der Waals surface area contributed by atoms with Crippen LogP contribution in [0.4, 0.5) is 5.82 Å². The summed E-state index contributed by atoms with van der Waals surface area (Å²) in [5, 5.41) is 3.08. The molecule has 0 bridgehead atoms. The van der Waals surface area contributed by atoms with E-state index in [4.69, 9.17) is 5.73 Å². The predicted octanol–water partition coefficient (Wildman–Crippen LogP) is 1.04. The third-order valence-corrected chi connectivity index (χ3v) is 2.38. The van der Waals surface area contributed by atoms with Gasteiger partial charge in [0, 0.05) is 24.6 Å². The minimum atomic E-state index is -0.133. The number of nitrogens with one attached hydrogen (secondary N) is 2. The van der Waals surface area contributed by atoms with Crippen molar-refractivity contribution in [2.24, 2.45) is 5.73 Å². The van der Waals surface area contributed by atoms with Gasteiger partial charge in [-0.2, -0.15) is 0 Å². The van der Waals surface area contributed by atoms with Crippen LogP contribution < -0.4 is 16.6 Å². The third kappa shape index (κ3) is 3.66. The van der Waals surface area contributed by atoms with Crippen molar-refractivity contribution >= 4 is 5.82 Å². The summed E-state index contributed by atoms with van der Waals surface area (Å²) in [5.74, 6) is 1.49. The van der Waals surface area contributed by atoms with Gasteiger partial charge in [0.25, 0.3) is 5.56 Å². The molecule has 5 nitrogen and oxygen atoms in total. The Kier molecular flexibility index (Phi) is 4.49. The molecule has 0 saturated carbocycles. The van der Waals surface area contributed by atoms with Gasteiger partial charge < -0.3 is 16.0 Å². The molecule has 0 aromatic carbocycles. The Bertz CT molecular complexity index is 386. The zero-order valence-corrected chi connectivity index (χ0v) is 10.1. The average Bonchev–Trinajstić information content (AvgIpc) is 2.25. The van der Waals surface area contributed by atoms with Gasteiger partial charge in [-0.3, -0.25) is 4.79 Å². The van der Waals surface area contributed by atoms with E-state index in [1.54, 1.807) is 0 Å². The topological polar surface area (TPSA) is 83.8 Å². The maximum absolute atomic E-state index is 11.4. The summed E-state index contributed by atoms with van der Waals surface area (Å²) in [6.45, 7) is 6.63. The van der Waals surface area contributed by atoms with Crippen molar-refractivity contribution in [2.75, 3.05) is 11.9 Å². The number of hydrogen-bond donors (Lipinski definition) is 3. The Balaban J connectivity index is 2.77. The fourth-order valence-corrected chi connectivity index (χ4v) is 1.22. The number of aromatic amines is 1. The van der Waals surface area contributed by atoms with Gasteiger partial charge in [0.1, 0.15) is 11.6 Å². The molecule has 0 aliphatic rings.